The van der Waals surface area contributed by atoms with Gasteiger partial charge in [-0.05, 0) is 45.8 Å². The average Bonchev–Trinajstić information content (AvgIpc) is 2.81. The molecule has 0 aliphatic carbocycles. The van der Waals surface area contributed by atoms with Gasteiger partial charge in [-0.1, -0.05) is 157 Å². The summed E-state index contributed by atoms with van der Waals surface area (Å²) in [5.74, 6) is 0.491. The molecule has 0 amide bonds. The van der Waals surface area contributed by atoms with Gasteiger partial charge < -0.3 is 10.2 Å². The number of phenolic OH excluding ortho intramolecular Hbond substituents is 1. The Morgan fingerprint density at radius 2 is 1.13 bits per heavy atom. The number of carboxylic acid groups (broad SMARTS) is 1. The van der Waals surface area contributed by atoms with Crippen LogP contribution in [0.4, 0.5) is 0 Å². The molecule has 1 rings (SSSR count). The van der Waals surface area contributed by atoms with Gasteiger partial charge in [-0.15, -0.1) is 0 Å². The van der Waals surface area contributed by atoms with Crippen molar-refractivity contribution in [2.75, 3.05) is 0 Å². The van der Waals surface area contributed by atoms with Crippen molar-refractivity contribution in [3.63, 3.8) is 0 Å². The minimum absolute atomic E-state index is 0.0177. The number of hydrogen-bond donors (Lipinski definition) is 2. The highest BCUT2D eigenvalue weighted by atomic mass is 16.4. The van der Waals surface area contributed by atoms with Gasteiger partial charge in [0.1, 0.15) is 5.75 Å². The van der Waals surface area contributed by atoms with E-state index in [4.69, 9.17) is 0 Å². The second-order valence-corrected chi connectivity index (χ2v) is 14.0. The summed E-state index contributed by atoms with van der Waals surface area (Å²) in [6, 6.07) is 4.16. The SMILES string of the molecule is CCCCCCCCC(CCC)CCCCCCC(CC(=O)O)c1cc(C(C)(C)C)c(O)c(C(C)(C)C)c1. The van der Waals surface area contributed by atoms with Gasteiger partial charge >= 0.3 is 5.97 Å². The summed E-state index contributed by atoms with van der Waals surface area (Å²) in [5, 5.41) is 20.8. The third kappa shape index (κ3) is 13.0. The van der Waals surface area contributed by atoms with E-state index in [1.165, 1.54) is 83.5 Å². The Morgan fingerprint density at radius 1 is 0.684 bits per heavy atom. The Kier molecular flexibility index (Phi) is 15.7. The van der Waals surface area contributed by atoms with E-state index in [-0.39, 0.29) is 23.2 Å². The molecule has 1 aromatic rings. The third-order valence-corrected chi connectivity index (χ3v) is 8.22. The highest BCUT2D eigenvalue weighted by Gasteiger charge is 2.28. The normalized spacial score (nSPS) is 14.0. The number of rotatable bonds is 19. The fraction of sp³-hybridized carbons (Fsp3) is 0.800. The van der Waals surface area contributed by atoms with E-state index in [0.29, 0.717) is 5.75 Å². The van der Waals surface area contributed by atoms with E-state index in [0.717, 1.165) is 35.4 Å². The molecule has 0 fully saturated rings. The summed E-state index contributed by atoms with van der Waals surface area (Å²) in [5.41, 5.74) is 2.49. The molecule has 220 valence electrons. The zero-order valence-electron chi connectivity index (χ0n) is 26.4. The van der Waals surface area contributed by atoms with E-state index in [1.807, 2.05) is 0 Å². The Bertz CT molecular complexity index is 761. The number of aromatic hydroxyl groups is 1. The van der Waals surface area contributed by atoms with Crippen LogP contribution >= 0.6 is 0 Å². The predicted octanol–water partition coefficient (Wildman–Crippen LogP) is 11.1. The molecule has 3 heteroatoms. The first-order valence-electron chi connectivity index (χ1n) is 15.9. The molecular formula is C35H62O3. The first-order chi connectivity index (χ1) is 17.8. The molecule has 0 aromatic heterocycles. The molecule has 2 unspecified atom stereocenters. The number of carboxylic acids is 1. The maximum Gasteiger partial charge on any atom is 0.303 e. The Labute approximate surface area is 236 Å². The van der Waals surface area contributed by atoms with Crippen molar-refractivity contribution in [1.29, 1.82) is 0 Å². The van der Waals surface area contributed by atoms with E-state index in [1.54, 1.807) is 0 Å². The molecule has 38 heavy (non-hydrogen) atoms. The fourth-order valence-corrected chi connectivity index (χ4v) is 5.87. The van der Waals surface area contributed by atoms with Crippen molar-refractivity contribution in [3.05, 3.63) is 28.8 Å². The molecule has 2 atom stereocenters. The van der Waals surface area contributed by atoms with Gasteiger partial charge in [0.05, 0.1) is 6.42 Å². The lowest BCUT2D eigenvalue weighted by Crippen LogP contribution is -2.19. The number of benzene rings is 1. The van der Waals surface area contributed by atoms with Crippen molar-refractivity contribution in [2.24, 2.45) is 5.92 Å². The lowest BCUT2D eigenvalue weighted by atomic mass is 9.76. The highest BCUT2D eigenvalue weighted by Crippen LogP contribution is 2.42. The van der Waals surface area contributed by atoms with Crippen LogP contribution in [0.2, 0.25) is 0 Å². The van der Waals surface area contributed by atoms with Gasteiger partial charge in [-0.2, -0.15) is 0 Å². The molecule has 1 aromatic carbocycles. The van der Waals surface area contributed by atoms with Gasteiger partial charge in [0.2, 0.25) is 0 Å². The van der Waals surface area contributed by atoms with Crippen molar-refractivity contribution < 1.29 is 15.0 Å². The number of unbranched alkanes of at least 4 members (excludes halogenated alkanes) is 8. The number of phenols is 1. The molecule has 3 nitrogen and oxygen atoms in total. The minimum Gasteiger partial charge on any atom is -0.507 e. The van der Waals surface area contributed by atoms with Crippen molar-refractivity contribution in [1.82, 2.24) is 0 Å². The number of hydrogen-bond acceptors (Lipinski definition) is 2. The van der Waals surface area contributed by atoms with Gasteiger partial charge in [0.25, 0.3) is 0 Å². The van der Waals surface area contributed by atoms with Crippen LogP contribution in [0.15, 0.2) is 12.1 Å². The zero-order valence-corrected chi connectivity index (χ0v) is 26.4. The molecule has 0 aliphatic rings. The van der Waals surface area contributed by atoms with Crippen molar-refractivity contribution in [3.8, 4) is 5.75 Å². The van der Waals surface area contributed by atoms with Crippen LogP contribution in [-0.4, -0.2) is 16.2 Å². The Hall–Kier alpha value is -1.51. The maximum absolute atomic E-state index is 11.8. The van der Waals surface area contributed by atoms with Crippen LogP contribution in [0.1, 0.15) is 181 Å². The first-order valence-corrected chi connectivity index (χ1v) is 15.9. The topological polar surface area (TPSA) is 57.5 Å². The first kappa shape index (κ1) is 34.5. The summed E-state index contributed by atoms with van der Waals surface area (Å²) in [6.45, 7) is 17.3. The number of aliphatic carboxylic acids is 1. The summed E-state index contributed by atoms with van der Waals surface area (Å²) >= 11 is 0. The molecule has 0 radical (unpaired) electrons. The fourth-order valence-electron chi connectivity index (χ4n) is 5.87. The summed E-state index contributed by atoms with van der Waals surface area (Å²) in [6.07, 6.45) is 19.5. The second kappa shape index (κ2) is 17.2. The molecule has 0 heterocycles. The molecule has 0 saturated heterocycles. The molecule has 0 saturated carbocycles. The quantitative estimate of drug-likeness (QED) is 0.175. The molecular weight excluding hydrogens is 468 g/mol. The molecule has 0 bridgehead atoms. The molecule has 0 aliphatic heterocycles. The highest BCUT2D eigenvalue weighted by molar-refractivity contribution is 5.68. The van der Waals surface area contributed by atoms with E-state index < -0.39 is 5.97 Å². The summed E-state index contributed by atoms with van der Waals surface area (Å²) < 4.78 is 0. The smallest absolute Gasteiger partial charge is 0.303 e. The van der Waals surface area contributed by atoms with Gasteiger partial charge in [-0.25, -0.2) is 0 Å². The standard InChI is InChI=1S/C35H62O3/c1-9-11-12-13-14-17-21-27(20-10-2)22-18-15-16-19-23-28(26-32(36)37)29-24-30(34(3,4)5)33(38)31(25-29)35(6,7)8/h24-25,27-28,38H,9-23,26H2,1-8H3,(H,36,37). The van der Waals surface area contributed by atoms with E-state index in [2.05, 4.69) is 67.5 Å². The predicted molar refractivity (Wildman–Crippen MR) is 165 cm³/mol. The van der Waals surface area contributed by atoms with Crippen LogP contribution in [0.5, 0.6) is 5.75 Å². The van der Waals surface area contributed by atoms with Gasteiger partial charge in [0, 0.05) is 0 Å². The van der Waals surface area contributed by atoms with Crippen LogP contribution in [0.25, 0.3) is 0 Å². The molecule has 0 spiro atoms. The van der Waals surface area contributed by atoms with E-state index in [9.17, 15) is 15.0 Å². The third-order valence-electron chi connectivity index (χ3n) is 8.22. The minimum atomic E-state index is -0.741. The summed E-state index contributed by atoms with van der Waals surface area (Å²) in [7, 11) is 0. The van der Waals surface area contributed by atoms with Crippen LogP contribution in [-0.2, 0) is 15.6 Å². The van der Waals surface area contributed by atoms with Crippen LogP contribution in [0, 0.1) is 5.92 Å². The summed E-state index contributed by atoms with van der Waals surface area (Å²) in [4.78, 5) is 11.8. The second-order valence-electron chi connectivity index (χ2n) is 14.0. The van der Waals surface area contributed by atoms with Crippen LogP contribution < -0.4 is 0 Å². The lowest BCUT2D eigenvalue weighted by Gasteiger charge is -2.30. The van der Waals surface area contributed by atoms with E-state index >= 15 is 0 Å². The molecule has 2 N–H and O–H groups in total. The maximum atomic E-state index is 11.8. The Morgan fingerprint density at radius 3 is 1.55 bits per heavy atom. The lowest BCUT2D eigenvalue weighted by molar-refractivity contribution is -0.137. The number of carbonyl (C=O) groups is 1. The zero-order chi connectivity index (χ0) is 28.8. The van der Waals surface area contributed by atoms with Crippen LogP contribution in [0.3, 0.4) is 0 Å². The Balaban J connectivity index is 2.72. The largest absolute Gasteiger partial charge is 0.507 e. The van der Waals surface area contributed by atoms with Gasteiger partial charge in [0.15, 0.2) is 0 Å². The van der Waals surface area contributed by atoms with Gasteiger partial charge in [-0.3, -0.25) is 4.79 Å². The van der Waals surface area contributed by atoms with Crippen molar-refractivity contribution in [2.45, 2.75) is 175 Å². The van der Waals surface area contributed by atoms with Crippen molar-refractivity contribution >= 4 is 5.97 Å². The monoisotopic (exact) mass is 530 g/mol. The average molecular weight is 531 g/mol.